The summed E-state index contributed by atoms with van der Waals surface area (Å²) < 4.78 is 0. The maximum atomic E-state index is 5.56. The number of nitrogens with zero attached hydrogens (tertiary/aromatic N) is 3. The van der Waals surface area contributed by atoms with E-state index in [9.17, 15) is 0 Å². The van der Waals surface area contributed by atoms with Gasteiger partial charge < -0.3 is 10.6 Å². The van der Waals surface area contributed by atoms with Gasteiger partial charge in [0.25, 0.3) is 0 Å². The summed E-state index contributed by atoms with van der Waals surface area (Å²) in [6, 6.07) is 0. The van der Waals surface area contributed by atoms with Crippen LogP contribution in [0.25, 0.3) is 0 Å². The first-order valence-corrected chi connectivity index (χ1v) is 6.14. The first kappa shape index (κ1) is 11.0. The van der Waals surface area contributed by atoms with Crippen LogP contribution in [0.3, 0.4) is 0 Å². The van der Waals surface area contributed by atoms with Gasteiger partial charge in [-0.1, -0.05) is 0 Å². The van der Waals surface area contributed by atoms with Crippen LogP contribution in [0.4, 0.5) is 0 Å². The topological polar surface area (TPSA) is 45.4 Å². The third kappa shape index (κ3) is 2.98. The maximum absolute atomic E-state index is 5.56. The third-order valence-electron chi connectivity index (χ3n) is 2.76. The van der Waals surface area contributed by atoms with E-state index in [0.717, 1.165) is 32.7 Å². The minimum atomic E-state index is 0.612. The summed E-state index contributed by atoms with van der Waals surface area (Å²) in [5, 5.41) is 1.19. The van der Waals surface area contributed by atoms with Crippen LogP contribution in [0, 0.1) is 0 Å². The van der Waals surface area contributed by atoms with E-state index in [1.165, 1.54) is 9.88 Å². The van der Waals surface area contributed by atoms with Crippen molar-refractivity contribution in [3.8, 4) is 0 Å². The van der Waals surface area contributed by atoms with Crippen LogP contribution < -0.4 is 5.73 Å². The molecule has 4 nitrogen and oxygen atoms in total. The van der Waals surface area contributed by atoms with Crippen LogP contribution >= 0.6 is 11.3 Å². The Morgan fingerprint density at radius 2 is 2.13 bits per heavy atom. The Kier molecular flexibility index (Phi) is 3.69. The van der Waals surface area contributed by atoms with Crippen LogP contribution in [0.2, 0.25) is 0 Å². The Morgan fingerprint density at radius 3 is 2.73 bits per heavy atom. The predicted octanol–water partition coefficient (Wildman–Crippen LogP) is 0.349. The lowest BCUT2D eigenvalue weighted by Gasteiger charge is -2.31. The standard InChI is InChI=1S/C10H18N4S/c1-13-2-4-14(5-3-13)8-10-12-7-9(6-11)15-10/h7H,2-6,8,11H2,1H3. The molecule has 2 heterocycles. The van der Waals surface area contributed by atoms with E-state index in [0.29, 0.717) is 6.54 Å². The highest BCUT2D eigenvalue weighted by molar-refractivity contribution is 7.11. The van der Waals surface area contributed by atoms with Crippen molar-refractivity contribution in [2.45, 2.75) is 13.1 Å². The van der Waals surface area contributed by atoms with Gasteiger partial charge in [0.2, 0.25) is 0 Å². The van der Waals surface area contributed by atoms with E-state index >= 15 is 0 Å². The third-order valence-corrected chi connectivity index (χ3v) is 3.76. The van der Waals surface area contributed by atoms with Gasteiger partial charge in [0.1, 0.15) is 5.01 Å². The molecule has 0 aromatic carbocycles. The smallest absolute Gasteiger partial charge is 0.107 e. The maximum Gasteiger partial charge on any atom is 0.107 e. The molecule has 0 spiro atoms. The largest absolute Gasteiger partial charge is 0.326 e. The fraction of sp³-hybridized carbons (Fsp3) is 0.700. The molecular weight excluding hydrogens is 208 g/mol. The summed E-state index contributed by atoms with van der Waals surface area (Å²) >= 11 is 1.74. The fourth-order valence-corrected chi connectivity index (χ4v) is 2.56. The van der Waals surface area contributed by atoms with Crippen LogP contribution in [0.15, 0.2) is 6.20 Å². The van der Waals surface area contributed by atoms with Crippen LogP contribution in [-0.4, -0.2) is 48.0 Å². The van der Waals surface area contributed by atoms with Gasteiger partial charge in [0, 0.05) is 43.8 Å². The van der Waals surface area contributed by atoms with Crippen molar-refractivity contribution in [1.82, 2.24) is 14.8 Å². The molecule has 2 N–H and O–H groups in total. The quantitative estimate of drug-likeness (QED) is 0.808. The van der Waals surface area contributed by atoms with E-state index in [1.807, 2.05) is 6.20 Å². The van der Waals surface area contributed by atoms with Crippen LogP contribution in [0.5, 0.6) is 0 Å². The molecule has 1 aromatic rings. The number of aromatic nitrogens is 1. The molecule has 0 atom stereocenters. The zero-order valence-electron chi connectivity index (χ0n) is 9.15. The second kappa shape index (κ2) is 5.03. The summed E-state index contributed by atoms with van der Waals surface area (Å²) in [6.45, 7) is 6.21. The molecule has 0 unspecified atom stereocenters. The van der Waals surface area contributed by atoms with Gasteiger partial charge in [-0.15, -0.1) is 11.3 Å². The lowest BCUT2D eigenvalue weighted by Crippen LogP contribution is -2.43. The van der Waals surface area contributed by atoms with E-state index in [4.69, 9.17) is 5.73 Å². The van der Waals surface area contributed by atoms with Crippen molar-refractivity contribution in [2.75, 3.05) is 33.2 Å². The van der Waals surface area contributed by atoms with E-state index in [-0.39, 0.29) is 0 Å². The van der Waals surface area contributed by atoms with E-state index < -0.39 is 0 Å². The molecule has 1 saturated heterocycles. The van der Waals surface area contributed by atoms with Gasteiger partial charge in [-0.25, -0.2) is 4.98 Å². The highest BCUT2D eigenvalue weighted by atomic mass is 32.1. The molecule has 84 valence electrons. The van der Waals surface area contributed by atoms with Gasteiger partial charge in [-0.05, 0) is 7.05 Å². The molecule has 0 aliphatic carbocycles. The van der Waals surface area contributed by atoms with Crippen molar-refractivity contribution in [2.24, 2.45) is 5.73 Å². The zero-order valence-corrected chi connectivity index (χ0v) is 9.96. The monoisotopic (exact) mass is 226 g/mol. The molecule has 15 heavy (non-hydrogen) atoms. The number of hydrogen-bond acceptors (Lipinski definition) is 5. The van der Waals surface area contributed by atoms with E-state index in [2.05, 4.69) is 21.8 Å². The number of rotatable bonds is 3. The lowest BCUT2D eigenvalue weighted by atomic mass is 10.3. The average molecular weight is 226 g/mol. The normalized spacial score (nSPS) is 19.6. The van der Waals surface area contributed by atoms with Crippen molar-refractivity contribution >= 4 is 11.3 Å². The minimum absolute atomic E-state index is 0.612. The highest BCUT2D eigenvalue weighted by Gasteiger charge is 2.14. The van der Waals surface area contributed by atoms with Gasteiger partial charge in [0.05, 0.1) is 6.54 Å². The number of thiazole rings is 1. The summed E-state index contributed by atoms with van der Waals surface area (Å²) in [6.07, 6.45) is 1.90. The molecule has 2 rings (SSSR count). The molecule has 0 radical (unpaired) electrons. The summed E-state index contributed by atoms with van der Waals surface area (Å²) in [5.41, 5.74) is 5.56. The Morgan fingerprint density at radius 1 is 1.40 bits per heavy atom. The Labute approximate surface area is 94.7 Å². The number of nitrogens with two attached hydrogens (primary N) is 1. The number of likely N-dealkylation sites (N-methyl/N-ethyl adjacent to an activating group) is 1. The molecule has 1 fully saturated rings. The van der Waals surface area contributed by atoms with Gasteiger partial charge >= 0.3 is 0 Å². The molecular formula is C10H18N4S. The number of piperazine rings is 1. The Balaban J connectivity index is 1.86. The Bertz CT molecular complexity index is 304. The molecule has 0 amide bonds. The minimum Gasteiger partial charge on any atom is -0.326 e. The average Bonchev–Trinajstić information content (AvgIpc) is 2.69. The summed E-state index contributed by atoms with van der Waals surface area (Å²) in [4.78, 5) is 10.4. The van der Waals surface area contributed by atoms with Crippen LogP contribution in [-0.2, 0) is 13.1 Å². The van der Waals surface area contributed by atoms with Crippen molar-refractivity contribution < 1.29 is 0 Å². The lowest BCUT2D eigenvalue weighted by molar-refractivity contribution is 0.148. The molecule has 1 aliphatic rings. The highest BCUT2D eigenvalue weighted by Crippen LogP contribution is 2.15. The zero-order chi connectivity index (χ0) is 10.7. The second-order valence-corrected chi connectivity index (χ2v) is 5.20. The SMILES string of the molecule is CN1CCN(Cc2ncc(CN)s2)CC1. The van der Waals surface area contributed by atoms with Gasteiger partial charge in [0.15, 0.2) is 0 Å². The molecule has 0 bridgehead atoms. The number of hydrogen-bond donors (Lipinski definition) is 1. The van der Waals surface area contributed by atoms with Gasteiger partial charge in [-0.3, -0.25) is 4.90 Å². The molecule has 0 saturated carbocycles. The molecule has 5 heteroatoms. The fourth-order valence-electron chi connectivity index (χ4n) is 1.71. The van der Waals surface area contributed by atoms with Crippen molar-refractivity contribution in [3.05, 3.63) is 16.1 Å². The first-order valence-electron chi connectivity index (χ1n) is 5.32. The second-order valence-electron chi connectivity index (χ2n) is 4.00. The summed E-state index contributed by atoms with van der Waals surface area (Å²) in [7, 11) is 2.17. The van der Waals surface area contributed by atoms with Crippen molar-refractivity contribution in [1.29, 1.82) is 0 Å². The molecule has 1 aliphatic heterocycles. The predicted molar refractivity (Wildman–Crippen MR) is 62.8 cm³/mol. The van der Waals surface area contributed by atoms with E-state index in [1.54, 1.807) is 11.3 Å². The van der Waals surface area contributed by atoms with Crippen LogP contribution in [0.1, 0.15) is 9.88 Å². The molecule has 1 aromatic heterocycles. The Hall–Kier alpha value is -0.490. The van der Waals surface area contributed by atoms with Crippen molar-refractivity contribution in [3.63, 3.8) is 0 Å². The first-order chi connectivity index (χ1) is 7.28. The van der Waals surface area contributed by atoms with Gasteiger partial charge in [-0.2, -0.15) is 0 Å². The summed E-state index contributed by atoms with van der Waals surface area (Å²) in [5.74, 6) is 0.